The lowest BCUT2D eigenvalue weighted by atomic mass is 9.78. The molecule has 4 nitrogen and oxygen atoms in total. The van der Waals surface area contributed by atoms with Crippen LogP contribution in [0.5, 0.6) is 0 Å². The lowest BCUT2D eigenvalue weighted by molar-refractivity contribution is -0.115. The van der Waals surface area contributed by atoms with Crippen LogP contribution in [-0.2, 0) is 4.79 Å². The number of benzene rings is 1. The third-order valence-electron chi connectivity index (χ3n) is 6.34. The first-order valence-corrected chi connectivity index (χ1v) is 9.80. The summed E-state index contributed by atoms with van der Waals surface area (Å²) in [6.45, 7) is 5.83. The molecule has 2 heterocycles. The summed E-state index contributed by atoms with van der Waals surface area (Å²) in [5, 5.41) is 0. The van der Waals surface area contributed by atoms with E-state index < -0.39 is 0 Å². The highest BCUT2D eigenvalue weighted by Crippen LogP contribution is 2.37. The third kappa shape index (κ3) is 2.91. The molecule has 0 radical (unpaired) electrons. The number of hydrogen-bond acceptors (Lipinski definition) is 3. The van der Waals surface area contributed by atoms with Crippen LogP contribution >= 0.6 is 0 Å². The summed E-state index contributed by atoms with van der Waals surface area (Å²) in [6, 6.07) is 6.53. The molecule has 0 bridgehead atoms. The first-order chi connectivity index (χ1) is 12.1. The Balaban J connectivity index is 1.59. The van der Waals surface area contributed by atoms with Gasteiger partial charge in [0.15, 0.2) is 0 Å². The number of Topliss-reactive ketones (excluding diaryl/α,β-unsaturated/α-hetero) is 1. The molecule has 1 amide bonds. The van der Waals surface area contributed by atoms with E-state index in [9.17, 15) is 9.59 Å². The van der Waals surface area contributed by atoms with Crippen molar-refractivity contribution in [2.45, 2.75) is 64.3 Å². The van der Waals surface area contributed by atoms with Gasteiger partial charge in [0.1, 0.15) is 0 Å². The molecule has 1 aromatic rings. The Morgan fingerprint density at radius 1 is 1.08 bits per heavy atom. The van der Waals surface area contributed by atoms with Gasteiger partial charge in [-0.3, -0.25) is 19.4 Å². The highest BCUT2D eigenvalue weighted by Gasteiger charge is 2.40. The number of piperidine rings is 1. The average molecular weight is 340 g/mol. The van der Waals surface area contributed by atoms with Crippen molar-refractivity contribution in [2.24, 2.45) is 5.92 Å². The van der Waals surface area contributed by atoms with Crippen molar-refractivity contribution in [3.63, 3.8) is 0 Å². The van der Waals surface area contributed by atoms with Gasteiger partial charge in [0, 0.05) is 12.6 Å². The number of carbonyl (C=O) groups is 2. The van der Waals surface area contributed by atoms with E-state index in [1.165, 1.54) is 38.5 Å². The number of nitrogens with zero attached hydrogens (tertiary/aromatic N) is 2. The van der Waals surface area contributed by atoms with E-state index in [1.807, 2.05) is 12.1 Å². The Hall–Kier alpha value is -1.68. The third-order valence-corrected chi connectivity index (χ3v) is 6.34. The molecule has 2 atom stereocenters. The van der Waals surface area contributed by atoms with Gasteiger partial charge in [0.2, 0.25) is 0 Å². The lowest BCUT2D eigenvalue weighted by Crippen LogP contribution is -2.52. The first kappa shape index (κ1) is 16.8. The minimum atomic E-state index is -0.353. The Bertz CT molecular complexity index is 695. The van der Waals surface area contributed by atoms with E-state index in [0.717, 1.165) is 23.7 Å². The number of rotatable bonds is 3. The van der Waals surface area contributed by atoms with Gasteiger partial charge in [-0.05, 0) is 55.2 Å². The zero-order chi connectivity index (χ0) is 17.6. The monoisotopic (exact) mass is 340 g/mol. The number of hydrogen-bond donors (Lipinski definition) is 0. The summed E-state index contributed by atoms with van der Waals surface area (Å²) in [5.74, 6) is 0.439. The van der Waals surface area contributed by atoms with E-state index in [-0.39, 0.29) is 11.7 Å². The highest BCUT2D eigenvalue weighted by atomic mass is 16.2. The fourth-order valence-electron chi connectivity index (χ4n) is 4.90. The number of fused-ring (bicyclic) bond motifs is 2. The number of carbonyl (C=O) groups excluding carboxylic acids is 2. The summed E-state index contributed by atoms with van der Waals surface area (Å²) in [4.78, 5) is 29.3. The molecule has 4 rings (SSSR count). The maximum Gasteiger partial charge on any atom is 0.300 e. The van der Waals surface area contributed by atoms with Gasteiger partial charge < -0.3 is 0 Å². The standard InChI is InChI=1S/C21H28N2O2/c1-14(2)16-9-10-19-17(12-16)20(24)21(25)23(19)13-22-11-5-7-15-6-3-4-8-18(15)22/h9-10,12,14-15,18H,3-8,11,13H2,1-2H3/t15-,18-/m0/s1. The SMILES string of the molecule is CC(C)c1ccc2c(c1)C(=O)C(=O)N2CN1CCC[C@@H]2CCCC[C@@H]21. The molecule has 1 aromatic carbocycles. The molecule has 0 unspecified atom stereocenters. The molecular formula is C21H28N2O2. The van der Waals surface area contributed by atoms with Gasteiger partial charge in [-0.1, -0.05) is 32.8 Å². The second kappa shape index (κ2) is 6.56. The predicted molar refractivity (Wildman–Crippen MR) is 98.9 cm³/mol. The van der Waals surface area contributed by atoms with Gasteiger partial charge in [-0.2, -0.15) is 0 Å². The molecule has 1 saturated heterocycles. The maximum atomic E-state index is 12.6. The summed E-state index contributed by atoms with van der Waals surface area (Å²) in [5.41, 5.74) is 2.51. The summed E-state index contributed by atoms with van der Waals surface area (Å²) in [7, 11) is 0. The molecule has 0 spiro atoms. The second-order valence-electron chi connectivity index (χ2n) is 8.20. The normalized spacial score (nSPS) is 26.9. The highest BCUT2D eigenvalue weighted by molar-refractivity contribution is 6.52. The average Bonchev–Trinajstić information content (AvgIpc) is 2.86. The molecule has 3 aliphatic rings. The fourth-order valence-corrected chi connectivity index (χ4v) is 4.90. The van der Waals surface area contributed by atoms with E-state index in [2.05, 4.69) is 24.8 Å². The minimum absolute atomic E-state index is 0.338. The van der Waals surface area contributed by atoms with E-state index in [0.29, 0.717) is 24.2 Å². The number of ketones is 1. The lowest BCUT2D eigenvalue weighted by Gasteiger charge is -2.45. The molecule has 134 valence electrons. The van der Waals surface area contributed by atoms with Crippen LogP contribution in [0, 0.1) is 5.92 Å². The van der Waals surface area contributed by atoms with Crippen molar-refractivity contribution in [3.8, 4) is 0 Å². The summed E-state index contributed by atoms with van der Waals surface area (Å²) in [6.07, 6.45) is 7.72. The van der Waals surface area contributed by atoms with Gasteiger partial charge in [-0.15, -0.1) is 0 Å². The molecular weight excluding hydrogens is 312 g/mol. The van der Waals surface area contributed by atoms with Gasteiger partial charge in [0.25, 0.3) is 5.78 Å². The predicted octanol–water partition coefficient (Wildman–Crippen LogP) is 3.95. The van der Waals surface area contributed by atoms with Gasteiger partial charge >= 0.3 is 5.91 Å². The zero-order valence-corrected chi connectivity index (χ0v) is 15.3. The van der Waals surface area contributed by atoms with Crippen LogP contribution < -0.4 is 4.90 Å². The molecule has 1 aliphatic carbocycles. The van der Waals surface area contributed by atoms with E-state index >= 15 is 0 Å². The summed E-state index contributed by atoms with van der Waals surface area (Å²) >= 11 is 0. The molecule has 4 heteroatoms. The zero-order valence-electron chi connectivity index (χ0n) is 15.3. The largest absolute Gasteiger partial charge is 0.300 e. The second-order valence-corrected chi connectivity index (χ2v) is 8.20. The Morgan fingerprint density at radius 3 is 2.64 bits per heavy atom. The molecule has 0 aromatic heterocycles. The van der Waals surface area contributed by atoms with Crippen molar-refractivity contribution in [1.82, 2.24) is 4.90 Å². The quantitative estimate of drug-likeness (QED) is 0.782. The number of amides is 1. The fraction of sp³-hybridized carbons (Fsp3) is 0.619. The Kier molecular flexibility index (Phi) is 4.40. The number of anilines is 1. The van der Waals surface area contributed by atoms with Gasteiger partial charge in [0.05, 0.1) is 17.9 Å². The molecule has 2 aliphatic heterocycles. The van der Waals surface area contributed by atoms with Crippen molar-refractivity contribution in [2.75, 3.05) is 18.1 Å². The first-order valence-electron chi connectivity index (χ1n) is 9.80. The van der Waals surface area contributed by atoms with Crippen molar-refractivity contribution < 1.29 is 9.59 Å². The van der Waals surface area contributed by atoms with Crippen molar-refractivity contribution >= 4 is 17.4 Å². The Morgan fingerprint density at radius 2 is 1.84 bits per heavy atom. The maximum absolute atomic E-state index is 12.6. The number of likely N-dealkylation sites (tertiary alicyclic amines) is 1. The van der Waals surface area contributed by atoms with Crippen LogP contribution in [0.3, 0.4) is 0 Å². The van der Waals surface area contributed by atoms with Crippen LogP contribution in [0.15, 0.2) is 18.2 Å². The Labute approximate surface area is 150 Å². The topological polar surface area (TPSA) is 40.6 Å². The van der Waals surface area contributed by atoms with Crippen LogP contribution in [0.2, 0.25) is 0 Å². The van der Waals surface area contributed by atoms with Crippen LogP contribution in [0.4, 0.5) is 5.69 Å². The van der Waals surface area contributed by atoms with Crippen molar-refractivity contribution in [3.05, 3.63) is 29.3 Å². The summed E-state index contributed by atoms with van der Waals surface area (Å²) < 4.78 is 0. The molecule has 2 fully saturated rings. The minimum Gasteiger partial charge on any atom is -0.291 e. The van der Waals surface area contributed by atoms with E-state index in [4.69, 9.17) is 0 Å². The van der Waals surface area contributed by atoms with E-state index in [1.54, 1.807) is 4.90 Å². The van der Waals surface area contributed by atoms with Gasteiger partial charge in [-0.25, -0.2) is 0 Å². The smallest absolute Gasteiger partial charge is 0.291 e. The van der Waals surface area contributed by atoms with Crippen LogP contribution in [0.1, 0.15) is 74.2 Å². The molecule has 25 heavy (non-hydrogen) atoms. The van der Waals surface area contributed by atoms with Crippen LogP contribution in [0.25, 0.3) is 0 Å². The molecule has 1 saturated carbocycles. The van der Waals surface area contributed by atoms with Crippen molar-refractivity contribution in [1.29, 1.82) is 0 Å². The van der Waals surface area contributed by atoms with Crippen LogP contribution in [-0.4, -0.2) is 35.8 Å². The molecule has 0 N–H and O–H groups in total.